The third kappa shape index (κ3) is 2.57. The predicted molar refractivity (Wildman–Crippen MR) is 85.2 cm³/mol. The normalized spacial score (nSPS) is 27.0. The van der Waals surface area contributed by atoms with Gasteiger partial charge in [0.15, 0.2) is 0 Å². The number of carbonyl (C=O) groups is 1. The van der Waals surface area contributed by atoms with Gasteiger partial charge in [-0.15, -0.1) is 6.58 Å². The van der Waals surface area contributed by atoms with Crippen molar-refractivity contribution in [3.8, 4) is 0 Å². The first-order valence-electron chi connectivity index (χ1n) is 7.86. The average molecular weight is 303 g/mol. The summed E-state index contributed by atoms with van der Waals surface area (Å²) in [6, 6.07) is 0. The monoisotopic (exact) mass is 303 g/mol. The van der Waals surface area contributed by atoms with Crippen LogP contribution in [0.2, 0.25) is 0 Å². The Hall–Kier alpha value is -1.66. The standard InChI is InChI=1S/C16H25N5O/c1-4-6-21-9-8-18(2)15(22)16(21)5-7-20(13-16)12-14-10-17-19(3)11-14/h4,10-11H,1,5-9,12-13H2,2-3H3/t16-/m1/s1. The molecule has 0 aliphatic carbocycles. The molecule has 1 aromatic heterocycles. The van der Waals surface area contributed by atoms with Crippen molar-refractivity contribution < 1.29 is 4.79 Å². The smallest absolute Gasteiger partial charge is 0.244 e. The third-order valence-corrected chi connectivity index (χ3v) is 4.90. The maximum atomic E-state index is 12.8. The van der Waals surface area contributed by atoms with Crippen molar-refractivity contribution in [2.75, 3.05) is 39.8 Å². The Morgan fingerprint density at radius 2 is 2.18 bits per heavy atom. The zero-order valence-corrected chi connectivity index (χ0v) is 13.5. The maximum Gasteiger partial charge on any atom is 0.244 e. The highest BCUT2D eigenvalue weighted by atomic mass is 16.2. The van der Waals surface area contributed by atoms with Gasteiger partial charge in [-0.2, -0.15) is 5.10 Å². The van der Waals surface area contributed by atoms with Crippen LogP contribution in [0.4, 0.5) is 0 Å². The van der Waals surface area contributed by atoms with Gasteiger partial charge in [-0.1, -0.05) is 6.08 Å². The number of hydrogen-bond acceptors (Lipinski definition) is 4. The van der Waals surface area contributed by atoms with Crippen LogP contribution < -0.4 is 0 Å². The lowest BCUT2D eigenvalue weighted by molar-refractivity contribution is -0.148. The van der Waals surface area contributed by atoms with E-state index in [9.17, 15) is 4.79 Å². The van der Waals surface area contributed by atoms with E-state index >= 15 is 0 Å². The van der Waals surface area contributed by atoms with Crippen LogP contribution in [0.15, 0.2) is 25.0 Å². The summed E-state index contributed by atoms with van der Waals surface area (Å²) in [6.45, 7) is 8.95. The van der Waals surface area contributed by atoms with E-state index in [1.54, 1.807) is 0 Å². The molecule has 0 saturated carbocycles. The molecule has 1 spiro atoms. The van der Waals surface area contributed by atoms with E-state index in [2.05, 4.69) is 21.5 Å². The Morgan fingerprint density at radius 3 is 2.86 bits per heavy atom. The number of carbonyl (C=O) groups excluding carboxylic acids is 1. The second kappa shape index (κ2) is 5.85. The zero-order chi connectivity index (χ0) is 15.7. The second-order valence-electron chi connectivity index (χ2n) is 6.48. The first-order valence-corrected chi connectivity index (χ1v) is 7.86. The molecule has 0 N–H and O–H groups in total. The number of likely N-dealkylation sites (N-methyl/N-ethyl adjacent to an activating group) is 1. The van der Waals surface area contributed by atoms with Gasteiger partial charge < -0.3 is 4.90 Å². The molecule has 0 radical (unpaired) electrons. The van der Waals surface area contributed by atoms with E-state index in [0.29, 0.717) is 0 Å². The Morgan fingerprint density at radius 1 is 1.36 bits per heavy atom. The lowest BCUT2D eigenvalue weighted by atomic mass is 9.91. The van der Waals surface area contributed by atoms with E-state index in [1.165, 1.54) is 5.56 Å². The molecule has 120 valence electrons. The number of rotatable bonds is 4. The van der Waals surface area contributed by atoms with Gasteiger partial charge in [0.25, 0.3) is 0 Å². The molecule has 2 fully saturated rings. The summed E-state index contributed by atoms with van der Waals surface area (Å²) in [5.41, 5.74) is 0.829. The molecule has 3 rings (SSSR count). The van der Waals surface area contributed by atoms with E-state index in [4.69, 9.17) is 0 Å². The Labute approximate surface area is 132 Å². The molecule has 2 aliphatic rings. The van der Waals surface area contributed by atoms with Gasteiger partial charge in [0, 0.05) is 65.1 Å². The fraction of sp³-hybridized carbons (Fsp3) is 0.625. The Kier molecular flexibility index (Phi) is 4.06. The van der Waals surface area contributed by atoms with Crippen LogP contribution >= 0.6 is 0 Å². The molecule has 0 aromatic carbocycles. The second-order valence-corrected chi connectivity index (χ2v) is 6.48. The van der Waals surface area contributed by atoms with Gasteiger partial charge in [-0.05, 0) is 6.42 Å². The molecule has 0 unspecified atom stereocenters. The molecule has 22 heavy (non-hydrogen) atoms. The highest BCUT2D eigenvalue weighted by Crippen LogP contribution is 2.33. The largest absolute Gasteiger partial charge is 0.343 e. The lowest BCUT2D eigenvalue weighted by Crippen LogP contribution is -2.66. The number of hydrogen-bond donors (Lipinski definition) is 0. The highest BCUT2D eigenvalue weighted by molar-refractivity contribution is 5.87. The van der Waals surface area contributed by atoms with E-state index < -0.39 is 0 Å². The van der Waals surface area contributed by atoms with Gasteiger partial charge >= 0.3 is 0 Å². The summed E-state index contributed by atoms with van der Waals surface area (Å²) >= 11 is 0. The summed E-state index contributed by atoms with van der Waals surface area (Å²) in [5.74, 6) is 0.259. The average Bonchev–Trinajstić information content (AvgIpc) is 3.09. The fourth-order valence-electron chi connectivity index (χ4n) is 3.75. The molecule has 0 bridgehead atoms. The van der Waals surface area contributed by atoms with Crippen LogP contribution in [0.1, 0.15) is 12.0 Å². The molecular weight excluding hydrogens is 278 g/mol. The molecule has 6 heteroatoms. The summed E-state index contributed by atoms with van der Waals surface area (Å²) < 4.78 is 1.82. The van der Waals surface area contributed by atoms with Crippen molar-refractivity contribution in [2.45, 2.75) is 18.5 Å². The summed E-state index contributed by atoms with van der Waals surface area (Å²) in [4.78, 5) is 19.4. The molecule has 1 atom stereocenters. The lowest BCUT2D eigenvalue weighted by Gasteiger charge is -2.46. The number of aromatic nitrogens is 2. The molecule has 6 nitrogen and oxygen atoms in total. The fourth-order valence-corrected chi connectivity index (χ4v) is 3.75. The van der Waals surface area contributed by atoms with Crippen LogP contribution in [-0.2, 0) is 18.4 Å². The first-order chi connectivity index (χ1) is 10.5. The van der Waals surface area contributed by atoms with Crippen molar-refractivity contribution in [1.82, 2.24) is 24.5 Å². The number of likely N-dealkylation sites (tertiary alicyclic amines) is 1. The molecule has 1 amide bonds. The third-order valence-electron chi connectivity index (χ3n) is 4.90. The van der Waals surface area contributed by atoms with Crippen LogP contribution in [-0.4, -0.2) is 75.7 Å². The Bertz CT molecular complexity index is 569. The van der Waals surface area contributed by atoms with E-state index in [1.807, 2.05) is 42.1 Å². The van der Waals surface area contributed by atoms with Crippen molar-refractivity contribution in [3.05, 3.63) is 30.6 Å². The van der Waals surface area contributed by atoms with Crippen molar-refractivity contribution in [2.24, 2.45) is 7.05 Å². The molecule has 2 saturated heterocycles. The van der Waals surface area contributed by atoms with Crippen LogP contribution in [0.25, 0.3) is 0 Å². The zero-order valence-electron chi connectivity index (χ0n) is 13.5. The first kappa shape index (κ1) is 15.2. The SMILES string of the molecule is C=CCN1CCN(C)C(=O)[C@]12CCN(Cc1cnn(C)c1)C2. The van der Waals surface area contributed by atoms with Crippen molar-refractivity contribution >= 4 is 5.91 Å². The van der Waals surface area contributed by atoms with Gasteiger partial charge in [-0.25, -0.2) is 0 Å². The summed E-state index contributed by atoms with van der Waals surface area (Å²) in [6.07, 6.45) is 6.75. The minimum atomic E-state index is -0.372. The van der Waals surface area contributed by atoms with Gasteiger partial charge in [0.1, 0.15) is 5.54 Å². The highest BCUT2D eigenvalue weighted by Gasteiger charge is 2.51. The van der Waals surface area contributed by atoms with Crippen LogP contribution in [0, 0.1) is 0 Å². The van der Waals surface area contributed by atoms with E-state index in [0.717, 1.165) is 45.7 Å². The molecule has 2 aliphatic heterocycles. The van der Waals surface area contributed by atoms with Crippen LogP contribution in [0.5, 0.6) is 0 Å². The van der Waals surface area contributed by atoms with Gasteiger partial charge in [0.2, 0.25) is 5.91 Å². The predicted octanol–water partition coefficient (Wildman–Crippen LogP) is 0.325. The van der Waals surface area contributed by atoms with Gasteiger partial charge in [0.05, 0.1) is 6.20 Å². The van der Waals surface area contributed by atoms with Crippen molar-refractivity contribution in [1.29, 1.82) is 0 Å². The van der Waals surface area contributed by atoms with E-state index in [-0.39, 0.29) is 11.4 Å². The van der Waals surface area contributed by atoms with Crippen LogP contribution in [0.3, 0.4) is 0 Å². The van der Waals surface area contributed by atoms with Gasteiger partial charge in [-0.3, -0.25) is 19.3 Å². The molecular formula is C16H25N5O. The quantitative estimate of drug-likeness (QED) is 0.752. The molecule has 1 aromatic rings. The minimum absolute atomic E-state index is 0.259. The topological polar surface area (TPSA) is 44.6 Å². The summed E-state index contributed by atoms with van der Waals surface area (Å²) in [7, 11) is 3.85. The summed E-state index contributed by atoms with van der Waals surface area (Å²) in [5, 5.41) is 4.23. The van der Waals surface area contributed by atoms with Crippen molar-refractivity contribution in [3.63, 3.8) is 0 Å². The maximum absolute atomic E-state index is 12.8. The minimum Gasteiger partial charge on any atom is -0.343 e. The number of amides is 1. The number of aryl methyl sites for hydroxylation is 1. The Balaban J connectivity index is 1.76. The number of nitrogens with zero attached hydrogens (tertiary/aromatic N) is 5. The number of piperazine rings is 1. The molecule has 3 heterocycles.